The molecule has 0 unspecified atom stereocenters. The largest absolute Gasteiger partial charge is 0.442 e. The van der Waals surface area contributed by atoms with Gasteiger partial charge in [-0.05, 0) is 38.0 Å². The molecule has 128 valence electrons. The molecule has 1 aromatic rings. The average Bonchev–Trinajstić information content (AvgIpc) is 3.10. The molecule has 0 aromatic carbocycles. The Morgan fingerprint density at radius 3 is 2.65 bits per heavy atom. The van der Waals surface area contributed by atoms with Crippen LogP contribution in [0.5, 0.6) is 0 Å². The maximum atomic E-state index is 12.1. The lowest BCUT2D eigenvalue weighted by atomic mass is 9.91. The number of oxazole rings is 1. The van der Waals surface area contributed by atoms with E-state index in [1.165, 1.54) is 12.5 Å². The number of nitrogens with zero attached hydrogens (tertiary/aromatic N) is 2. The average molecular weight is 320 g/mol. The number of rotatable bonds is 9. The maximum absolute atomic E-state index is 12.1. The fourth-order valence-electron chi connectivity index (χ4n) is 3.17. The molecule has 0 N–H and O–H groups in total. The molecule has 0 bridgehead atoms. The molecule has 5 heteroatoms. The highest BCUT2D eigenvalue weighted by molar-refractivity contribution is 5.91. The highest BCUT2D eigenvalue weighted by Gasteiger charge is 2.22. The standard InChI is InChI=1S/C18H28N2O3/c1-2-3-4-8-17(22)20-12-9-15(10-13-20)6-5-7-16(21)18-19-11-14-23-18/h11,14-15H,2-10,12-13H2,1H3. The molecule has 2 heterocycles. The van der Waals surface area contributed by atoms with Crippen molar-refractivity contribution in [3.8, 4) is 0 Å². The summed E-state index contributed by atoms with van der Waals surface area (Å²) >= 11 is 0. The number of amides is 1. The number of piperidine rings is 1. The molecule has 0 spiro atoms. The van der Waals surface area contributed by atoms with Crippen molar-refractivity contribution < 1.29 is 14.0 Å². The smallest absolute Gasteiger partial charge is 0.263 e. The Labute approximate surface area is 138 Å². The summed E-state index contributed by atoms with van der Waals surface area (Å²) in [6, 6.07) is 0. The Balaban J connectivity index is 1.59. The normalized spacial score (nSPS) is 15.8. The summed E-state index contributed by atoms with van der Waals surface area (Å²) in [5, 5.41) is 0. The molecular formula is C18H28N2O3. The second-order valence-corrected chi connectivity index (χ2v) is 6.43. The van der Waals surface area contributed by atoms with Gasteiger partial charge in [-0.1, -0.05) is 19.8 Å². The van der Waals surface area contributed by atoms with Gasteiger partial charge < -0.3 is 9.32 Å². The molecule has 23 heavy (non-hydrogen) atoms. The number of hydrogen-bond donors (Lipinski definition) is 0. The zero-order valence-corrected chi connectivity index (χ0v) is 14.1. The van der Waals surface area contributed by atoms with Gasteiger partial charge in [0.05, 0.1) is 6.20 Å². The molecular weight excluding hydrogens is 292 g/mol. The van der Waals surface area contributed by atoms with Crippen LogP contribution < -0.4 is 0 Å². The predicted octanol–water partition coefficient (Wildman–Crippen LogP) is 3.85. The zero-order valence-electron chi connectivity index (χ0n) is 14.1. The third-order valence-corrected chi connectivity index (χ3v) is 4.65. The Morgan fingerprint density at radius 2 is 2.00 bits per heavy atom. The van der Waals surface area contributed by atoms with Crippen LogP contribution in [-0.4, -0.2) is 34.7 Å². The summed E-state index contributed by atoms with van der Waals surface area (Å²) < 4.78 is 5.01. The van der Waals surface area contributed by atoms with Crippen LogP contribution in [0, 0.1) is 5.92 Å². The first kappa shape index (κ1) is 17.7. The Morgan fingerprint density at radius 1 is 1.22 bits per heavy atom. The SMILES string of the molecule is CCCCCC(=O)N1CCC(CCCC(=O)c2ncco2)CC1. The number of carbonyl (C=O) groups excluding carboxylic acids is 2. The van der Waals surface area contributed by atoms with Gasteiger partial charge in [0.15, 0.2) is 0 Å². The Bertz CT molecular complexity index is 476. The quantitative estimate of drug-likeness (QED) is 0.512. The molecule has 0 atom stereocenters. The highest BCUT2D eigenvalue weighted by Crippen LogP contribution is 2.23. The van der Waals surface area contributed by atoms with Crippen molar-refractivity contribution in [3.63, 3.8) is 0 Å². The molecule has 1 aliphatic rings. The summed E-state index contributed by atoms with van der Waals surface area (Å²) in [5.41, 5.74) is 0. The van der Waals surface area contributed by atoms with Crippen molar-refractivity contribution in [1.29, 1.82) is 0 Å². The van der Waals surface area contributed by atoms with Crippen molar-refractivity contribution in [2.45, 2.75) is 64.7 Å². The first-order chi connectivity index (χ1) is 11.2. The van der Waals surface area contributed by atoms with Gasteiger partial charge >= 0.3 is 0 Å². The van der Waals surface area contributed by atoms with Crippen LogP contribution in [0.3, 0.4) is 0 Å². The van der Waals surface area contributed by atoms with Gasteiger partial charge in [0.25, 0.3) is 5.89 Å². The summed E-state index contributed by atoms with van der Waals surface area (Å²) in [5.74, 6) is 1.15. The summed E-state index contributed by atoms with van der Waals surface area (Å²) in [6.07, 6.45) is 11.5. The summed E-state index contributed by atoms with van der Waals surface area (Å²) in [6.45, 7) is 3.91. The van der Waals surface area contributed by atoms with Crippen LogP contribution in [0.4, 0.5) is 0 Å². The van der Waals surface area contributed by atoms with Gasteiger partial charge in [-0.25, -0.2) is 4.98 Å². The van der Waals surface area contributed by atoms with Gasteiger partial charge in [0.1, 0.15) is 6.26 Å². The van der Waals surface area contributed by atoms with Gasteiger partial charge in [-0.15, -0.1) is 0 Å². The van der Waals surface area contributed by atoms with Crippen molar-refractivity contribution in [2.24, 2.45) is 5.92 Å². The number of hydrogen-bond acceptors (Lipinski definition) is 4. The number of carbonyl (C=O) groups is 2. The van der Waals surface area contributed by atoms with E-state index in [1.807, 2.05) is 4.90 Å². The first-order valence-corrected chi connectivity index (χ1v) is 8.91. The fraction of sp³-hybridized carbons (Fsp3) is 0.722. The molecule has 0 aliphatic carbocycles. The predicted molar refractivity (Wildman–Crippen MR) is 88.1 cm³/mol. The summed E-state index contributed by atoms with van der Waals surface area (Å²) in [7, 11) is 0. The van der Waals surface area contributed by atoms with E-state index in [9.17, 15) is 9.59 Å². The van der Waals surface area contributed by atoms with E-state index < -0.39 is 0 Å². The second-order valence-electron chi connectivity index (χ2n) is 6.43. The van der Waals surface area contributed by atoms with Crippen molar-refractivity contribution >= 4 is 11.7 Å². The lowest BCUT2D eigenvalue weighted by molar-refractivity contribution is -0.132. The molecule has 1 amide bonds. The number of Topliss-reactive ketones (excluding diaryl/α,β-unsaturated/α-hetero) is 1. The van der Waals surface area contributed by atoms with E-state index in [0.717, 1.165) is 58.0 Å². The van der Waals surface area contributed by atoms with Gasteiger partial charge in [0, 0.05) is 25.9 Å². The van der Waals surface area contributed by atoms with E-state index in [0.29, 0.717) is 24.7 Å². The van der Waals surface area contributed by atoms with Gasteiger partial charge in [-0.3, -0.25) is 9.59 Å². The Kier molecular flexibility index (Phi) is 7.30. The number of likely N-dealkylation sites (tertiary alicyclic amines) is 1. The minimum atomic E-state index is -0.0152. The van der Waals surface area contributed by atoms with Crippen molar-refractivity contribution in [2.75, 3.05) is 13.1 Å². The molecule has 0 saturated carbocycles. The van der Waals surface area contributed by atoms with Crippen LogP contribution in [0.15, 0.2) is 16.9 Å². The second kappa shape index (κ2) is 9.48. The molecule has 1 fully saturated rings. The summed E-state index contributed by atoms with van der Waals surface area (Å²) in [4.78, 5) is 29.8. The monoisotopic (exact) mass is 320 g/mol. The molecule has 1 aromatic heterocycles. The lowest BCUT2D eigenvalue weighted by Crippen LogP contribution is -2.38. The topological polar surface area (TPSA) is 63.4 Å². The molecule has 1 aliphatic heterocycles. The van der Waals surface area contributed by atoms with Crippen molar-refractivity contribution in [3.05, 3.63) is 18.4 Å². The molecule has 2 rings (SSSR count). The third kappa shape index (κ3) is 5.81. The van der Waals surface area contributed by atoms with Crippen LogP contribution in [0.2, 0.25) is 0 Å². The van der Waals surface area contributed by atoms with E-state index >= 15 is 0 Å². The van der Waals surface area contributed by atoms with Crippen LogP contribution in [-0.2, 0) is 4.79 Å². The fourth-order valence-corrected chi connectivity index (χ4v) is 3.17. The van der Waals surface area contributed by atoms with Crippen LogP contribution >= 0.6 is 0 Å². The van der Waals surface area contributed by atoms with Crippen molar-refractivity contribution in [1.82, 2.24) is 9.88 Å². The minimum Gasteiger partial charge on any atom is -0.442 e. The Hall–Kier alpha value is -1.65. The van der Waals surface area contributed by atoms with E-state index in [2.05, 4.69) is 11.9 Å². The van der Waals surface area contributed by atoms with E-state index in [-0.39, 0.29) is 11.7 Å². The van der Waals surface area contributed by atoms with Gasteiger partial charge in [-0.2, -0.15) is 0 Å². The van der Waals surface area contributed by atoms with Gasteiger partial charge in [0.2, 0.25) is 11.7 Å². The lowest BCUT2D eigenvalue weighted by Gasteiger charge is -2.32. The molecule has 0 radical (unpaired) electrons. The zero-order chi connectivity index (χ0) is 16.5. The van der Waals surface area contributed by atoms with Crippen LogP contribution in [0.1, 0.15) is 75.4 Å². The highest BCUT2D eigenvalue weighted by atomic mass is 16.3. The van der Waals surface area contributed by atoms with E-state index in [1.54, 1.807) is 0 Å². The first-order valence-electron chi connectivity index (χ1n) is 8.91. The minimum absolute atomic E-state index is 0.0152. The number of ketones is 1. The number of unbranched alkanes of at least 4 members (excludes halogenated alkanes) is 2. The van der Waals surface area contributed by atoms with E-state index in [4.69, 9.17) is 4.42 Å². The number of aromatic nitrogens is 1. The molecule has 5 nitrogen and oxygen atoms in total. The maximum Gasteiger partial charge on any atom is 0.263 e. The third-order valence-electron chi connectivity index (χ3n) is 4.65. The van der Waals surface area contributed by atoms with Crippen LogP contribution in [0.25, 0.3) is 0 Å². The molecule has 1 saturated heterocycles.